The average molecular weight is 417 g/mol. The molecular formula is C22H29ClN4O2. The number of nitrogens with one attached hydrogen (secondary N) is 1. The van der Waals surface area contributed by atoms with E-state index in [0.717, 1.165) is 56.6 Å². The van der Waals surface area contributed by atoms with Crippen molar-refractivity contribution in [3.8, 4) is 0 Å². The van der Waals surface area contributed by atoms with Crippen LogP contribution in [0.4, 0.5) is 4.79 Å². The van der Waals surface area contributed by atoms with Crippen LogP contribution in [-0.4, -0.2) is 66.5 Å². The molecule has 3 heterocycles. The molecule has 0 unspecified atom stereocenters. The molecule has 2 amide bonds. The molecule has 2 aliphatic rings. The third-order valence-electron chi connectivity index (χ3n) is 5.88. The van der Waals surface area contributed by atoms with Gasteiger partial charge in [-0.15, -0.1) is 0 Å². The van der Waals surface area contributed by atoms with Crippen LogP contribution in [0.25, 0.3) is 0 Å². The van der Waals surface area contributed by atoms with Gasteiger partial charge in [-0.2, -0.15) is 0 Å². The summed E-state index contributed by atoms with van der Waals surface area (Å²) < 4.78 is 5.64. The Labute approximate surface area is 177 Å². The van der Waals surface area contributed by atoms with Crippen molar-refractivity contribution in [3.05, 3.63) is 59.0 Å². The van der Waals surface area contributed by atoms with Gasteiger partial charge in [-0.25, -0.2) is 4.79 Å². The van der Waals surface area contributed by atoms with Gasteiger partial charge in [0, 0.05) is 44.3 Å². The van der Waals surface area contributed by atoms with E-state index in [1.807, 2.05) is 29.2 Å². The molecule has 1 N–H and O–H groups in total. The molecule has 29 heavy (non-hydrogen) atoms. The minimum absolute atomic E-state index is 0.0203. The predicted molar refractivity (Wildman–Crippen MR) is 114 cm³/mol. The van der Waals surface area contributed by atoms with Gasteiger partial charge in [0.2, 0.25) is 0 Å². The van der Waals surface area contributed by atoms with Gasteiger partial charge in [-0.3, -0.25) is 9.80 Å². The molecule has 6 nitrogen and oxygen atoms in total. The van der Waals surface area contributed by atoms with Gasteiger partial charge < -0.3 is 14.6 Å². The largest absolute Gasteiger partial charge is 0.468 e. The fourth-order valence-electron chi connectivity index (χ4n) is 4.20. The first kappa shape index (κ1) is 20.3. The molecule has 0 bridgehead atoms. The van der Waals surface area contributed by atoms with Crippen molar-refractivity contribution in [2.45, 2.75) is 25.4 Å². The van der Waals surface area contributed by atoms with Gasteiger partial charge in [0.15, 0.2) is 0 Å². The number of piperazine rings is 1. The Morgan fingerprint density at radius 3 is 2.41 bits per heavy atom. The van der Waals surface area contributed by atoms with E-state index in [-0.39, 0.29) is 12.1 Å². The maximum Gasteiger partial charge on any atom is 0.317 e. The molecule has 2 aliphatic heterocycles. The average Bonchev–Trinajstić information content (AvgIpc) is 3.45. The lowest BCUT2D eigenvalue weighted by Crippen LogP contribution is -2.52. The standard InChI is InChI=1S/C22H29ClN4O2/c23-19-7-5-18(6-8-19)17-25-11-13-27(14-12-25)22(28)24-16-20(21-4-3-15-29-21)26-9-1-2-10-26/h3-8,15,20H,1-2,9-14,16-17H2,(H,24,28)/t20-/m0/s1. The van der Waals surface area contributed by atoms with E-state index in [2.05, 4.69) is 27.2 Å². The SMILES string of the molecule is O=C(NC[C@@H](c1ccco1)N1CCCC1)N1CCN(Cc2ccc(Cl)cc2)CC1. The summed E-state index contributed by atoms with van der Waals surface area (Å²) in [6, 6.07) is 12.0. The molecule has 0 radical (unpaired) electrons. The third-order valence-corrected chi connectivity index (χ3v) is 6.13. The van der Waals surface area contributed by atoms with Crippen LogP contribution < -0.4 is 5.32 Å². The van der Waals surface area contributed by atoms with E-state index < -0.39 is 0 Å². The van der Waals surface area contributed by atoms with Crippen molar-refractivity contribution in [2.24, 2.45) is 0 Å². The van der Waals surface area contributed by atoms with Gasteiger partial charge in [0.25, 0.3) is 0 Å². The summed E-state index contributed by atoms with van der Waals surface area (Å²) in [4.78, 5) is 19.4. The highest BCUT2D eigenvalue weighted by molar-refractivity contribution is 6.30. The van der Waals surface area contributed by atoms with Crippen LogP contribution in [0, 0.1) is 0 Å². The molecule has 156 valence electrons. The van der Waals surface area contributed by atoms with Crippen molar-refractivity contribution in [1.82, 2.24) is 20.0 Å². The molecule has 0 aliphatic carbocycles. The highest BCUT2D eigenvalue weighted by Crippen LogP contribution is 2.25. The van der Waals surface area contributed by atoms with E-state index in [4.69, 9.17) is 16.0 Å². The number of furan rings is 1. The normalized spacial score (nSPS) is 19.4. The topological polar surface area (TPSA) is 52.0 Å². The molecule has 4 rings (SSSR count). The number of hydrogen-bond acceptors (Lipinski definition) is 4. The Kier molecular flexibility index (Phi) is 6.74. The number of hydrogen-bond donors (Lipinski definition) is 1. The van der Waals surface area contributed by atoms with Crippen molar-refractivity contribution >= 4 is 17.6 Å². The Morgan fingerprint density at radius 1 is 1.03 bits per heavy atom. The van der Waals surface area contributed by atoms with Gasteiger partial charge in [-0.1, -0.05) is 23.7 Å². The second-order valence-electron chi connectivity index (χ2n) is 7.85. The first-order chi connectivity index (χ1) is 14.2. The number of nitrogens with zero attached hydrogens (tertiary/aromatic N) is 3. The molecular weight excluding hydrogens is 388 g/mol. The molecule has 2 aromatic rings. The van der Waals surface area contributed by atoms with E-state index in [1.54, 1.807) is 6.26 Å². The fraction of sp³-hybridized carbons (Fsp3) is 0.500. The predicted octanol–water partition coefficient (Wildman–Crippen LogP) is 3.60. The zero-order valence-electron chi connectivity index (χ0n) is 16.7. The number of amides is 2. The van der Waals surface area contributed by atoms with Crippen LogP contribution in [0.5, 0.6) is 0 Å². The number of benzene rings is 1. The summed E-state index contributed by atoms with van der Waals surface area (Å²) in [6.07, 6.45) is 4.13. The lowest BCUT2D eigenvalue weighted by molar-refractivity contribution is 0.131. The Morgan fingerprint density at radius 2 is 1.76 bits per heavy atom. The van der Waals surface area contributed by atoms with Crippen LogP contribution in [0.15, 0.2) is 47.1 Å². The van der Waals surface area contributed by atoms with Crippen molar-refractivity contribution in [2.75, 3.05) is 45.8 Å². The maximum atomic E-state index is 12.7. The lowest BCUT2D eigenvalue weighted by atomic mass is 10.2. The molecule has 0 saturated carbocycles. The molecule has 1 atom stereocenters. The zero-order chi connectivity index (χ0) is 20.1. The zero-order valence-corrected chi connectivity index (χ0v) is 17.5. The number of likely N-dealkylation sites (tertiary alicyclic amines) is 1. The third kappa shape index (κ3) is 5.32. The van der Waals surface area contributed by atoms with Crippen LogP contribution in [0.3, 0.4) is 0 Å². The number of carbonyl (C=O) groups is 1. The van der Waals surface area contributed by atoms with Crippen LogP contribution in [0.2, 0.25) is 5.02 Å². The van der Waals surface area contributed by atoms with Crippen molar-refractivity contribution in [1.29, 1.82) is 0 Å². The second kappa shape index (κ2) is 9.65. The summed E-state index contributed by atoms with van der Waals surface area (Å²) >= 11 is 5.96. The summed E-state index contributed by atoms with van der Waals surface area (Å²) in [5, 5.41) is 3.90. The number of urea groups is 1. The second-order valence-corrected chi connectivity index (χ2v) is 8.29. The van der Waals surface area contributed by atoms with Crippen LogP contribution in [-0.2, 0) is 6.54 Å². The first-order valence-electron chi connectivity index (χ1n) is 10.5. The summed E-state index contributed by atoms with van der Waals surface area (Å²) in [6.45, 7) is 6.84. The Hall–Kier alpha value is -2.02. The molecule has 2 saturated heterocycles. The Balaban J connectivity index is 1.25. The molecule has 7 heteroatoms. The minimum Gasteiger partial charge on any atom is -0.468 e. The fourth-order valence-corrected chi connectivity index (χ4v) is 4.32. The van der Waals surface area contributed by atoms with Crippen molar-refractivity contribution < 1.29 is 9.21 Å². The van der Waals surface area contributed by atoms with Gasteiger partial charge in [0.05, 0.1) is 12.3 Å². The van der Waals surface area contributed by atoms with Crippen molar-refractivity contribution in [3.63, 3.8) is 0 Å². The number of rotatable bonds is 6. The highest BCUT2D eigenvalue weighted by Gasteiger charge is 2.27. The quantitative estimate of drug-likeness (QED) is 0.781. The molecule has 1 aromatic heterocycles. The molecule has 2 fully saturated rings. The van der Waals surface area contributed by atoms with E-state index in [1.165, 1.54) is 18.4 Å². The summed E-state index contributed by atoms with van der Waals surface area (Å²) in [5.74, 6) is 0.931. The Bertz CT molecular complexity index is 767. The first-order valence-corrected chi connectivity index (χ1v) is 10.8. The smallest absolute Gasteiger partial charge is 0.317 e. The van der Waals surface area contributed by atoms with Gasteiger partial charge in [-0.05, 0) is 55.8 Å². The van der Waals surface area contributed by atoms with Crippen LogP contribution >= 0.6 is 11.6 Å². The molecule has 1 aromatic carbocycles. The highest BCUT2D eigenvalue weighted by atomic mass is 35.5. The van der Waals surface area contributed by atoms with Gasteiger partial charge in [0.1, 0.15) is 5.76 Å². The van der Waals surface area contributed by atoms with Gasteiger partial charge >= 0.3 is 6.03 Å². The minimum atomic E-state index is 0.0203. The number of halogens is 1. The van der Waals surface area contributed by atoms with E-state index in [0.29, 0.717) is 6.54 Å². The number of carbonyl (C=O) groups excluding carboxylic acids is 1. The summed E-state index contributed by atoms with van der Waals surface area (Å²) in [5.41, 5.74) is 1.25. The maximum absolute atomic E-state index is 12.7. The van der Waals surface area contributed by atoms with E-state index >= 15 is 0 Å². The molecule has 0 spiro atoms. The monoisotopic (exact) mass is 416 g/mol. The van der Waals surface area contributed by atoms with Crippen LogP contribution in [0.1, 0.15) is 30.2 Å². The summed E-state index contributed by atoms with van der Waals surface area (Å²) in [7, 11) is 0. The lowest BCUT2D eigenvalue weighted by Gasteiger charge is -2.35. The van der Waals surface area contributed by atoms with E-state index in [9.17, 15) is 4.79 Å².